The van der Waals surface area contributed by atoms with E-state index in [4.69, 9.17) is 0 Å². The summed E-state index contributed by atoms with van der Waals surface area (Å²) in [6.45, 7) is 4.33. The molecule has 14 heavy (non-hydrogen) atoms. The SMILES string of the molecule is CCCCN(CCBr)c1ccccn1. The molecule has 0 aliphatic rings. The van der Waals surface area contributed by atoms with Gasteiger partial charge in [-0.25, -0.2) is 4.98 Å². The second kappa shape index (κ2) is 6.82. The summed E-state index contributed by atoms with van der Waals surface area (Å²) in [6.07, 6.45) is 4.30. The first kappa shape index (κ1) is 11.5. The summed E-state index contributed by atoms with van der Waals surface area (Å²) in [6, 6.07) is 6.06. The number of unbranched alkanes of at least 4 members (excludes halogenated alkanes) is 1. The van der Waals surface area contributed by atoms with Gasteiger partial charge in [0.2, 0.25) is 0 Å². The largest absolute Gasteiger partial charge is 0.356 e. The number of alkyl halides is 1. The van der Waals surface area contributed by atoms with Crippen molar-refractivity contribution in [1.82, 2.24) is 4.98 Å². The Morgan fingerprint density at radius 2 is 2.21 bits per heavy atom. The fourth-order valence-electron chi connectivity index (χ4n) is 1.33. The predicted octanol–water partition coefficient (Wildman–Crippen LogP) is 3.08. The van der Waals surface area contributed by atoms with Crippen LogP contribution in [0.1, 0.15) is 19.8 Å². The molecule has 0 saturated carbocycles. The predicted molar refractivity (Wildman–Crippen MR) is 65.2 cm³/mol. The number of anilines is 1. The van der Waals surface area contributed by atoms with Crippen molar-refractivity contribution in [3.63, 3.8) is 0 Å². The lowest BCUT2D eigenvalue weighted by molar-refractivity contribution is 0.727. The Morgan fingerprint density at radius 1 is 1.36 bits per heavy atom. The van der Waals surface area contributed by atoms with Crippen LogP contribution in [-0.4, -0.2) is 23.4 Å². The van der Waals surface area contributed by atoms with E-state index >= 15 is 0 Å². The van der Waals surface area contributed by atoms with Crippen molar-refractivity contribution in [2.45, 2.75) is 19.8 Å². The van der Waals surface area contributed by atoms with Gasteiger partial charge in [-0.1, -0.05) is 35.3 Å². The summed E-state index contributed by atoms with van der Waals surface area (Å²) in [7, 11) is 0. The molecule has 0 radical (unpaired) electrons. The normalized spacial score (nSPS) is 10.1. The second-order valence-corrected chi connectivity index (χ2v) is 4.01. The van der Waals surface area contributed by atoms with Gasteiger partial charge in [0.15, 0.2) is 0 Å². The molecule has 2 nitrogen and oxygen atoms in total. The smallest absolute Gasteiger partial charge is 0.128 e. The van der Waals surface area contributed by atoms with E-state index in [9.17, 15) is 0 Å². The maximum Gasteiger partial charge on any atom is 0.128 e. The molecule has 0 saturated heterocycles. The van der Waals surface area contributed by atoms with E-state index in [2.05, 4.69) is 38.8 Å². The van der Waals surface area contributed by atoms with Crippen LogP contribution in [0.5, 0.6) is 0 Å². The number of hydrogen-bond donors (Lipinski definition) is 0. The summed E-state index contributed by atoms with van der Waals surface area (Å²) in [5.41, 5.74) is 0. The average Bonchev–Trinajstić information content (AvgIpc) is 2.25. The summed E-state index contributed by atoms with van der Waals surface area (Å²) < 4.78 is 0. The lowest BCUT2D eigenvalue weighted by atomic mass is 10.3. The third kappa shape index (κ3) is 3.66. The summed E-state index contributed by atoms with van der Waals surface area (Å²) in [4.78, 5) is 6.67. The van der Waals surface area contributed by atoms with Crippen LogP contribution in [0.15, 0.2) is 24.4 Å². The van der Waals surface area contributed by atoms with Crippen LogP contribution in [0.25, 0.3) is 0 Å². The van der Waals surface area contributed by atoms with Crippen molar-refractivity contribution in [1.29, 1.82) is 0 Å². The lowest BCUT2D eigenvalue weighted by Crippen LogP contribution is -2.27. The molecule has 0 aliphatic heterocycles. The molecule has 78 valence electrons. The van der Waals surface area contributed by atoms with Gasteiger partial charge in [-0.05, 0) is 18.6 Å². The molecule has 1 heterocycles. The molecule has 0 atom stereocenters. The Morgan fingerprint density at radius 3 is 2.79 bits per heavy atom. The summed E-state index contributed by atoms with van der Waals surface area (Å²) >= 11 is 3.47. The Labute approximate surface area is 94.5 Å². The van der Waals surface area contributed by atoms with Crippen LogP contribution >= 0.6 is 15.9 Å². The van der Waals surface area contributed by atoms with Crippen LogP contribution in [-0.2, 0) is 0 Å². The molecule has 0 N–H and O–H groups in total. The van der Waals surface area contributed by atoms with Crippen molar-refractivity contribution in [3.05, 3.63) is 24.4 Å². The molecule has 1 aromatic heterocycles. The number of nitrogens with zero attached hydrogens (tertiary/aromatic N) is 2. The highest BCUT2D eigenvalue weighted by Gasteiger charge is 2.04. The van der Waals surface area contributed by atoms with E-state index in [1.54, 1.807) is 0 Å². The molecule has 0 spiro atoms. The van der Waals surface area contributed by atoms with Gasteiger partial charge in [0.05, 0.1) is 0 Å². The van der Waals surface area contributed by atoms with E-state index in [0.29, 0.717) is 0 Å². The van der Waals surface area contributed by atoms with Crippen LogP contribution in [0.2, 0.25) is 0 Å². The molecule has 0 fully saturated rings. The first-order valence-electron chi connectivity index (χ1n) is 5.10. The number of aromatic nitrogens is 1. The van der Waals surface area contributed by atoms with E-state index < -0.39 is 0 Å². The zero-order valence-electron chi connectivity index (χ0n) is 8.62. The highest BCUT2D eigenvalue weighted by molar-refractivity contribution is 9.09. The first-order valence-corrected chi connectivity index (χ1v) is 6.22. The quantitative estimate of drug-likeness (QED) is 0.728. The van der Waals surface area contributed by atoms with Crippen LogP contribution in [0.3, 0.4) is 0 Å². The van der Waals surface area contributed by atoms with Gasteiger partial charge >= 0.3 is 0 Å². The maximum absolute atomic E-state index is 4.36. The number of rotatable bonds is 6. The molecule has 0 aliphatic carbocycles. The van der Waals surface area contributed by atoms with Gasteiger partial charge in [-0.3, -0.25) is 0 Å². The Bertz CT molecular complexity index is 238. The fourth-order valence-corrected chi connectivity index (χ4v) is 1.76. The van der Waals surface area contributed by atoms with Crippen LogP contribution in [0, 0.1) is 0 Å². The van der Waals surface area contributed by atoms with Crippen molar-refractivity contribution < 1.29 is 0 Å². The van der Waals surface area contributed by atoms with Gasteiger partial charge in [0.1, 0.15) is 5.82 Å². The molecule has 1 aromatic rings. The topological polar surface area (TPSA) is 16.1 Å². The highest BCUT2D eigenvalue weighted by atomic mass is 79.9. The minimum absolute atomic E-state index is 0.993. The van der Waals surface area contributed by atoms with Gasteiger partial charge < -0.3 is 4.90 Å². The minimum atomic E-state index is 0.993. The zero-order chi connectivity index (χ0) is 10.2. The Kier molecular flexibility index (Phi) is 5.60. The highest BCUT2D eigenvalue weighted by Crippen LogP contribution is 2.10. The summed E-state index contributed by atoms with van der Waals surface area (Å²) in [5, 5.41) is 0.993. The summed E-state index contributed by atoms with van der Waals surface area (Å²) in [5.74, 6) is 1.08. The van der Waals surface area contributed by atoms with E-state index in [1.165, 1.54) is 12.8 Å². The molecular weight excluding hydrogens is 240 g/mol. The van der Waals surface area contributed by atoms with Crippen molar-refractivity contribution in [3.8, 4) is 0 Å². The lowest BCUT2D eigenvalue weighted by Gasteiger charge is -2.22. The Balaban J connectivity index is 2.58. The third-order valence-corrected chi connectivity index (χ3v) is 2.46. The molecular formula is C11H17BrN2. The van der Waals surface area contributed by atoms with E-state index in [0.717, 1.165) is 24.2 Å². The number of pyridine rings is 1. The van der Waals surface area contributed by atoms with Crippen molar-refractivity contribution >= 4 is 21.7 Å². The van der Waals surface area contributed by atoms with E-state index in [1.807, 2.05) is 18.3 Å². The second-order valence-electron chi connectivity index (χ2n) is 3.22. The van der Waals surface area contributed by atoms with Gasteiger partial charge in [0.25, 0.3) is 0 Å². The monoisotopic (exact) mass is 256 g/mol. The zero-order valence-corrected chi connectivity index (χ0v) is 10.2. The van der Waals surface area contributed by atoms with Crippen LogP contribution in [0.4, 0.5) is 5.82 Å². The molecule has 3 heteroatoms. The number of halogens is 1. The number of hydrogen-bond acceptors (Lipinski definition) is 2. The molecule has 0 unspecified atom stereocenters. The molecule has 0 amide bonds. The maximum atomic E-state index is 4.36. The van der Waals surface area contributed by atoms with E-state index in [-0.39, 0.29) is 0 Å². The fraction of sp³-hybridized carbons (Fsp3) is 0.545. The van der Waals surface area contributed by atoms with Gasteiger partial charge in [0, 0.05) is 24.6 Å². The first-order chi connectivity index (χ1) is 6.88. The Hall–Kier alpha value is -0.570. The minimum Gasteiger partial charge on any atom is -0.356 e. The van der Waals surface area contributed by atoms with Crippen molar-refractivity contribution in [2.24, 2.45) is 0 Å². The van der Waals surface area contributed by atoms with Gasteiger partial charge in [-0.15, -0.1) is 0 Å². The van der Waals surface area contributed by atoms with Crippen LogP contribution < -0.4 is 4.90 Å². The molecule has 0 bridgehead atoms. The third-order valence-electron chi connectivity index (χ3n) is 2.11. The molecule has 0 aromatic carbocycles. The van der Waals surface area contributed by atoms with Crippen molar-refractivity contribution in [2.75, 3.05) is 23.3 Å². The standard InChI is InChI=1S/C11H17BrN2/c1-2-3-9-14(10-7-12)11-6-4-5-8-13-11/h4-6,8H,2-3,7,9-10H2,1H3. The van der Waals surface area contributed by atoms with Gasteiger partial charge in [-0.2, -0.15) is 0 Å². The average molecular weight is 257 g/mol. The molecule has 1 rings (SSSR count).